The third-order valence-corrected chi connectivity index (χ3v) is 6.11. The lowest BCUT2D eigenvalue weighted by Crippen LogP contribution is -2.33. The molecular formula is C28H26N2O2. The van der Waals surface area contributed by atoms with Crippen molar-refractivity contribution in [2.24, 2.45) is 0 Å². The summed E-state index contributed by atoms with van der Waals surface area (Å²) in [5, 5.41) is 12.0. The number of aromatic nitrogens is 1. The predicted octanol–water partition coefficient (Wildman–Crippen LogP) is 4.96. The molecule has 1 N–H and O–H groups in total. The van der Waals surface area contributed by atoms with Gasteiger partial charge < -0.3 is 14.6 Å². The van der Waals surface area contributed by atoms with Crippen molar-refractivity contribution in [2.75, 3.05) is 18.0 Å². The molecule has 4 aromatic rings. The fraction of sp³-hybridized carbons (Fsp3) is 0.179. The molecule has 0 saturated heterocycles. The minimum atomic E-state index is -0.500. The zero-order chi connectivity index (χ0) is 21.9. The average Bonchev–Trinajstić information content (AvgIpc) is 3.39. The Morgan fingerprint density at radius 1 is 0.938 bits per heavy atom. The summed E-state index contributed by atoms with van der Waals surface area (Å²) in [5.74, 6) is -0.0184. The van der Waals surface area contributed by atoms with Gasteiger partial charge in [-0.3, -0.25) is 4.79 Å². The molecule has 1 aliphatic rings. The second-order valence-electron chi connectivity index (χ2n) is 8.30. The third-order valence-electron chi connectivity index (χ3n) is 6.11. The van der Waals surface area contributed by atoms with E-state index in [9.17, 15) is 9.90 Å². The van der Waals surface area contributed by atoms with Gasteiger partial charge in [0, 0.05) is 47.0 Å². The molecule has 0 fully saturated rings. The van der Waals surface area contributed by atoms with Crippen molar-refractivity contribution in [1.29, 1.82) is 0 Å². The van der Waals surface area contributed by atoms with E-state index >= 15 is 0 Å². The van der Waals surface area contributed by atoms with Gasteiger partial charge in [-0.2, -0.15) is 0 Å². The summed E-state index contributed by atoms with van der Waals surface area (Å²) in [5.41, 5.74) is 5.28. The lowest BCUT2D eigenvalue weighted by Gasteiger charge is -2.23. The van der Waals surface area contributed by atoms with Crippen LogP contribution in [-0.4, -0.2) is 34.7 Å². The quantitative estimate of drug-likeness (QED) is 0.338. The van der Waals surface area contributed by atoms with Gasteiger partial charge in [0.2, 0.25) is 0 Å². The number of β-amino-alcohol motifs (C(OH)–C–C–N with tert-alkyl or cyclic N) is 1. The van der Waals surface area contributed by atoms with E-state index in [-0.39, 0.29) is 5.78 Å². The van der Waals surface area contributed by atoms with Gasteiger partial charge in [-0.1, -0.05) is 66.7 Å². The first kappa shape index (κ1) is 20.3. The number of aliphatic hydroxyl groups excluding tert-OH is 1. The molecule has 0 aliphatic carbocycles. The molecule has 0 amide bonds. The van der Waals surface area contributed by atoms with Crippen LogP contribution >= 0.6 is 0 Å². The van der Waals surface area contributed by atoms with Gasteiger partial charge in [0.05, 0.1) is 12.6 Å². The van der Waals surface area contributed by atoms with Crippen LogP contribution in [-0.2, 0) is 13.0 Å². The standard InChI is InChI=1S/C28H26N2O2/c31-24(19-29-17-16-21-8-4-6-12-26(21)29)20-30-18-23(25-11-5-7-13-27(25)30)14-15-28(32)22-9-2-1-3-10-22/h1-15,18,24,31H,16-17,19-20H2/b15-14-/t24-/m0/s1. The summed E-state index contributed by atoms with van der Waals surface area (Å²) >= 11 is 0. The first-order valence-electron chi connectivity index (χ1n) is 11.1. The van der Waals surface area contributed by atoms with Gasteiger partial charge in [0.15, 0.2) is 5.78 Å². The van der Waals surface area contributed by atoms with Crippen molar-refractivity contribution in [3.05, 3.63) is 108 Å². The van der Waals surface area contributed by atoms with E-state index in [1.54, 1.807) is 6.08 Å². The van der Waals surface area contributed by atoms with E-state index in [1.807, 2.05) is 54.7 Å². The van der Waals surface area contributed by atoms with E-state index in [1.165, 1.54) is 11.3 Å². The smallest absolute Gasteiger partial charge is 0.185 e. The number of allylic oxidation sites excluding steroid dienone is 1. The van der Waals surface area contributed by atoms with Crippen LogP contribution in [0, 0.1) is 0 Å². The van der Waals surface area contributed by atoms with Gasteiger partial charge in [-0.05, 0) is 36.3 Å². The highest BCUT2D eigenvalue weighted by Crippen LogP contribution is 2.28. The maximum atomic E-state index is 12.5. The van der Waals surface area contributed by atoms with Crippen LogP contribution < -0.4 is 4.90 Å². The number of anilines is 1. The second kappa shape index (κ2) is 8.85. The molecule has 1 atom stereocenters. The Labute approximate surface area is 188 Å². The fourth-order valence-corrected chi connectivity index (χ4v) is 4.56. The topological polar surface area (TPSA) is 45.5 Å². The molecule has 1 aromatic heterocycles. The van der Waals surface area contributed by atoms with E-state index in [4.69, 9.17) is 0 Å². The number of ketones is 1. The minimum absolute atomic E-state index is 0.0184. The SMILES string of the molecule is O=C(/C=C\c1cn(C[C@@H](O)CN2CCc3ccccc32)c2ccccc12)c1ccccc1. The van der Waals surface area contributed by atoms with E-state index in [0.29, 0.717) is 18.7 Å². The summed E-state index contributed by atoms with van der Waals surface area (Å²) in [6, 6.07) is 25.8. The maximum absolute atomic E-state index is 12.5. The number of rotatable bonds is 7. The number of aliphatic hydroxyl groups is 1. The van der Waals surface area contributed by atoms with E-state index < -0.39 is 6.10 Å². The molecule has 2 heterocycles. The summed E-state index contributed by atoms with van der Waals surface area (Å²) < 4.78 is 2.09. The van der Waals surface area contributed by atoms with Crippen molar-refractivity contribution in [3.63, 3.8) is 0 Å². The average molecular weight is 423 g/mol. The zero-order valence-corrected chi connectivity index (χ0v) is 17.9. The van der Waals surface area contributed by atoms with Crippen molar-refractivity contribution in [2.45, 2.75) is 19.1 Å². The highest BCUT2D eigenvalue weighted by atomic mass is 16.3. The molecule has 32 heavy (non-hydrogen) atoms. The van der Waals surface area contributed by atoms with Crippen LogP contribution in [0.2, 0.25) is 0 Å². The van der Waals surface area contributed by atoms with E-state index in [0.717, 1.165) is 29.4 Å². The molecule has 0 saturated carbocycles. The van der Waals surface area contributed by atoms with E-state index in [2.05, 4.69) is 45.9 Å². The fourth-order valence-electron chi connectivity index (χ4n) is 4.56. The van der Waals surface area contributed by atoms with Crippen molar-refractivity contribution >= 4 is 28.4 Å². The third kappa shape index (κ3) is 4.10. The Balaban J connectivity index is 1.35. The molecule has 160 valence electrons. The molecule has 0 radical (unpaired) electrons. The summed E-state index contributed by atoms with van der Waals surface area (Å²) in [4.78, 5) is 14.8. The van der Waals surface area contributed by atoms with Crippen LogP contribution in [0.1, 0.15) is 21.5 Å². The number of hydrogen-bond donors (Lipinski definition) is 1. The van der Waals surface area contributed by atoms with Crippen LogP contribution in [0.5, 0.6) is 0 Å². The maximum Gasteiger partial charge on any atom is 0.185 e. The molecular weight excluding hydrogens is 396 g/mol. The summed E-state index contributed by atoms with van der Waals surface area (Å²) in [7, 11) is 0. The normalized spacial score (nSPS) is 14.2. The molecule has 0 spiro atoms. The molecule has 0 unspecified atom stereocenters. The molecule has 0 bridgehead atoms. The summed E-state index contributed by atoms with van der Waals surface area (Å²) in [6.07, 6.45) is 6.05. The van der Waals surface area contributed by atoms with Crippen LogP contribution in [0.15, 0.2) is 91.1 Å². The Hall–Kier alpha value is -3.63. The minimum Gasteiger partial charge on any atom is -0.389 e. The number of benzene rings is 3. The van der Waals surface area contributed by atoms with Crippen molar-refractivity contribution in [3.8, 4) is 0 Å². The lowest BCUT2D eigenvalue weighted by atomic mass is 10.1. The molecule has 5 rings (SSSR count). The Morgan fingerprint density at radius 3 is 2.56 bits per heavy atom. The van der Waals surface area contributed by atoms with Crippen molar-refractivity contribution < 1.29 is 9.90 Å². The second-order valence-corrected chi connectivity index (χ2v) is 8.30. The highest BCUT2D eigenvalue weighted by molar-refractivity contribution is 6.07. The number of carbonyl (C=O) groups is 1. The van der Waals surface area contributed by atoms with Crippen LogP contribution in [0.25, 0.3) is 17.0 Å². The summed E-state index contributed by atoms with van der Waals surface area (Å²) in [6.45, 7) is 2.04. The molecule has 4 nitrogen and oxygen atoms in total. The molecule has 1 aliphatic heterocycles. The largest absolute Gasteiger partial charge is 0.389 e. The predicted molar refractivity (Wildman–Crippen MR) is 130 cm³/mol. The van der Waals surface area contributed by atoms with Gasteiger partial charge in [-0.15, -0.1) is 0 Å². The van der Waals surface area contributed by atoms with Gasteiger partial charge in [0.1, 0.15) is 0 Å². The first-order valence-corrected chi connectivity index (χ1v) is 11.1. The number of carbonyl (C=O) groups excluding carboxylic acids is 1. The van der Waals surface area contributed by atoms with Crippen molar-refractivity contribution in [1.82, 2.24) is 4.57 Å². The van der Waals surface area contributed by atoms with Gasteiger partial charge in [-0.25, -0.2) is 0 Å². The molecule has 3 aromatic carbocycles. The first-order chi connectivity index (χ1) is 15.7. The Kier molecular flexibility index (Phi) is 5.61. The number of fused-ring (bicyclic) bond motifs is 2. The highest BCUT2D eigenvalue weighted by Gasteiger charge is 2.21. The van der Waals surface area contributed by atoms with Gasteiger partial charge in [0.25, 0.3) is 0 Å². The Bertz CT molecular complexity index is 1270. The van der Waals surface area contributed by atoms with Gasteiger partial charge >= 0.3 is 0 Å². The lowest BCUT2D eigenvalue weighted by molar-refractivity contribution is 0.104. The monoisotopic (exact) mass is 422 g/mol. The Morgan fingerprint density at radius 2 is 1.69 bits per heavy atom. The molecule has 4 heteroatoms. The number of nitrogens with zero attached hydrogens (tertiary/aromatic N) is 2. The number of para-hydroxylation sites is 2. The number of hydrogen-bond acceptors (Lipinski definition) is 3. The zero-order valence-electron chi connectivity index (χ0n) is 17.9. The van der Waals surface area contributed by atoms with Crippen LogP contribution in [0.3, 0.4) is 0 Å². The van der Waals surface area contributed by atoms with Crippen LogP contribution in [0.4, 0.5) is 5.69 Å².